The number of methoxy groups -OCH3 is 1. The number of hydrogen-bond acceptors (Lipinski definition) is 3. The summed E-state index contributed by atoms with van der Waals surface area (Å²) >= 11 is 0. The average Bonchev–Trinajstić information content (AvgIpc) is 2.20. The number of rotatable bonds is 4. The van der Waals surface area contributed by atoms with Crippen molar-refractivity contribution >= 4 is 5.69 Å². The summed E-state index contributed by atoms with van der Waals surface area (Å²) in [5.41, 5.74) is 0.254. The molecule has 0 aromatic heterocycles. The van der Waals surface area contributed by atoms with E-state index in [9.17, 15) is 0 Å². The molecule has 0 saturated heterocycles. The molecule has 1 rings (SSSR count). The summed E-state index contributed by atoms with van der Waals surface area (Å²) in [5.74, 6) is 0. The first-order valence-electron chi connectivity index (χ1n) is 4.43. The van der Waals surface area contributed by atoms with Gasteiger partial charge in [0.05, 0.1) is 12.7 Å². The molecule has 0 bridgehead atoms. The van der Waals surface area contributed by atoms with Gasteiger partial charge in [-0.1, -0.05) is 18.2 Å². The summed E-state index contributed by atoms with van der Waals surface area (Å²) in [7, 11) is 1.59. The first-order chi connectivity index (χ1) is 6.70. The smallest absolute Gasteiger partial charge is 0.146 e. The summed E-state index contributed by atoms with van der Waals surface area (Å²) in [6.45, 7) is 2.17. The van der Waals surface area contributed by atoms with E-state index in [1.165, 1.54) is 0 Å². The van der Waals surface area contributed by atoms with Crippen LogP contribution in [0.15, 0.2) is 30.3 Å². The molecular formula is C11H14N2O. The zero-order valence-electron chi connectivity index (χ0n) is 8.45. The van der Waals surface area contributed by atoms with Crippen molar-refractivity contribution in [3.8, 4) is 6.07 Å². The normalized spacial score (nSPS) is 14.1. The van der Waals surface area contributed by atoms with E-state index in [0.29, 0.717) is 6.61 Å². The fourth-order valence-electron chi connectivity index (χ4n) is 1.23. The lowest BCUT2D eigenvalue weighted by molar-refractivity contribution is 0.171. The van der Waals surface area contributed by atoms with Crippen LogP contribution in [-0.4, -0.2) is 19.3 Å². The number of benzene rings is 1. The molecule has 14 heavy (non-hydrogen) atoms. The van der Waals surface area contributed by atoms with Gasteiger partial charge in [0.1, 0.15) is 5.54 Å². The van der Waals surface area contributed by atoms with Gasteiger partial charge < -0.3 is 10.1 Å². The third-order valence-corrected chi connectivity index (χ3v) is 1.87. The van der Waals surface area contributed by atoms with Crippen molar-refractivity contribution in [1.82, 2.24) is 0 Å². The maximum atomic E-state index is 8.99. The van der Waals surface area contributed by atoms with E-state index in [0.717, 1.165) is 5.69 Å². The highest BCUT2D eigenvalue weighted by Crippen LogP contribution is 2.14. The first kappa shape index (κ1) is 10.6. The predicted molar refractivity (Wildman–Crippen MR) is 56.0 cm³/mol. The number of anilines is 1. The third-order valence-electron chi connectivity index (χ3n) is 1.87. The highest BCUT2D eigenvalue weighted by Gasteiger charge is 2.22. The standard InChI is InChI=1S/C11H14N2O/c1-11(8-12,9-14-2)13-10-6-4-3-5-7-10/h3-7,13H,9H2,1-2H3. The zero-order chi connectivity index (χ0) is 10.4. The van der Waals surface area contributed by atoms with E-state index >= 15 is 0 Å². The molecule has 3 nitrogen and oxygen atoms in total. The SMILES string of the molecule is COCC(C)(C#N)Nc1ccccc1. The average molecular weight is 190 g/mol. The Morgan fingerprint density at radius 3 is 2.57 bits per heavy atom. The van der Waals surface area contributed by atoms with E-state index < -0.39 is 5.54 Å². The van der Waals surface area contributed by atoms with Gasteiger partial charge in [-0.2, -0.15) is 5.26 Å². The minimum Gasteiger partial charge on any atom is -0.381 e. The lowest BCUT2D eigenvalue weighted by Gasteiger charge is -2.23. The van der Waals surface area contributed by atoms with Gasteiger partial charge in [-0.15, -0.1) is 0 Å². The minimum absolute atomic E-state index is 0.360. The molecule has 0 saturated carbocycles. The molecule has 74 valence electrons. The summed E-state index contributed by atoms with van der Waals surface area (Å²) in [4.78, 5) is 0. The van der Waals surface area contributed by atoms with Crippen molar-refractivity contribution in [1.29, 1.82) is 5.26 Å². The van der Waals surface area contributed by atoms with Crippen molar-refractivity contribution in [2.24, 2.45) is 0 Å². The summed E-state index contributed by atoms with van der Waals surface area (Å²) in [6, 6.07) is 11.8. The molecule has 0 radical (unpaired) electrons. The molecule has 0 heterocycles. The Morgan fingerprint density at radius 1 is 1.43 bits per heavy atom. The fraction of sp³-hybridized carbons (Fsp3) is 0.364. The Hall–Kier alpha value is -1.53. The quantitative estimate of drug-likeness (QED) is 0.790. The molecule has 1 atom stereocenters. The Labute approximate surface area is 84.3 Å². The van der Waals surface area contributed by atoms with Crippen LogP contribution in [0, 0.1) is 11.3 Å². The second-order valence-electron chi connectivity index (χ2n) is 3.37. The largest absolute Gasteiger partial charge is 0.381 e. The number of hydrogen-bond donors (Lipinski definition) is 1. The van der Waals surface area contributed by atoms with Crippen LogP contribution in [0.3, 0.4) is 0 Å². The number of ether oxygens (including phenoxy) is 1. The van der Waals surface area contributed by atoms with Crippen LogP contribution in [0.2, 0.25) is 0 Å². The topological polar surface area (TPSA) is 45.0 Å². The van der Waals surface area contributed by atoms with E-state index in [1.807, 2.05) is 37.3 Å². The van der Waals surface area contributed by atoms with Gasteiger partial charge in [0.2, 0.25) is 0 Å². The monoisotopic (exact) mass is 190 g/mol. The number of nitriles is 1. The minimum atomic E-state index is -0.671. The molecule has 0 aliphatic heterocycles. The van der Waals surface area contributed by atoms with E-state index in [4.69, 9.17) is 10.00 Å². The van der Waals surface area contributed by atoms with Gasteiger partial charge in [-0.3, -0.25) is 0 Å². The molecular weight excluding hydrogens is 176 g/mol. The Balaban J connectivity index is 2.72. The summed E-state index contributed by atoms with van der Waals surface area (Å²) < 4.78 is 4.99. The second kappa shape index (κ2) is 4.64. The first-order valence-corrected chi connectivity index (χ1v) is 4.43. The molecule has 3 heteroatoms. The molecule has 1 aromatic rings. The zero-order valence-corrected chi connectivity index (χ0v) is 8.45. The predicted octanol–water partition coefficient (Wildman–Crippen LogP) is 2.03. The van der Waals surface area contributed by atoms with Crippen LogP contribution in [0.1, 0.15) is 6.92 Å². The molecule has 0 aliphatic rings. The van der Waals surface area contributed by atoms with E-state index in [2.05, 4.69) is 11.4 Å². The lowest BCUT2D eigenvalue weighted by Crippen LogP contribution is -2.37. The van der Waals surface area contributed by atoms with E-state index in [1.54, 1.807) is 7.11 Å². The maximum Gasteiger partial charge on any atom is 0.146 e. The van der Waals surface area contributed by atoms with Crippen LogP contribution in [-0.2, 0) is 4.74 Å². The Kier molecular flexibility index (Phi) is 3.49. The molecule has 1 N–H and O–H groups in total. The van der Waals surface area contributed by atoms with Crippen molar-refractivity contribution in [3.63, 3.8) is 0 Å². The highest BCUT2D eigenvalue weighted by atomic mass is 16.5. The van der Waals surface area contributed by atoms with Crippen LogP contribution >= 0.6 is 0 Å². The Morgan fingerprint density at radius 2 is 2.07 bits per heavy atom. The van der Waals surface area contributed by atoms with Gasteiger partial charge in [-0.05, 0) is 19.1 Å². The third kappa shape index (κ3) is 2.75. The van der Waals surface area contributed by atoms with Gasteiger partial charge in [0.15, 0.2) is 0 Å². The number of nitrogens with one attached hydrogen (secondary N) is 1. The van der Waals surface area contributed by atoms with Gasteiger partial charge in [0.25, 0.3) is 0 Å². The van der Waals surface area contributed by atoms with Crippen LogP contribution < -0.4 is 5.32 Å². The van der Waals surface area contributed by atoms with Crippen molar-refractivity contribution in [2.75, 3.05) is 19.0 Å². The number of para-hydroxylation sites is 1. The molecule has 0 fully saturated rings. The molecule has 1 aromatic carbocycles. The highest BCUT2D eigenvalue weighted by molar-refractivity contribution is 5.47. The van der Waals surface area contributed by atoms with E-state index in [-0.39, 0.29) is 0 Å². The second-order valence-corrected chi connectivity index (χ2v) is 3.37. The lowest BCUT2D eigenvalue weighted by atomic mass is 10.1. The Bertz CT molecular complexity index is 318. The van der Waals surface area contributed by atoms with Crippen LogP contribution in [0.25, 0.3) is 0 Å². The van der Waals surface area contributed by atoms with Crippen molar-refractivity contribution < 1.29 is 4.74 Å². The van der Waals surface area contributed by atoms with Gasteiger partial charge in [0, 0.05) is 12.8 Å². The van der Waals surface area contributed by atoms with Crippen LogP contribution in [0.5, 0.6) is 0 Å². The molecule has 0 aliphatic carbocycles. The molecule has 1 unspecified atom stereocenters. The fourth-order valence-corrected chi connectivity index (χ4v) is 1.23. The summed E-state index contributed by atoms with van der Waals surface area (Å²) in [6.07, 6.45) is 0. The molecule has 0 amide bonds. The maximum absolute atomic E-state index is 8.99. The number of nitrogens with zero attached hydrogens (tertiary/aromatic N) is 1. The molecule has 0 spiro atoms. The van der Waals surface area contributed by atoms with Crippen molar-refractivity contribution in [3.05, 3.63) is 30.3 Å². The van der Waals surface area contributed by atoms with Gasteiger partial charge in [-0.25, -0.2) is 0 Å². The van der Waals surface area contributed by atoms with Crippen molar-refractivity contribution in [2.45, 2.75) is 12.5 Å². The van der Waals surface area contributed by atoms with Crippen LogP contribution in [0.4, 0.5) is 5.69 Å². The summed E-state index contributed by atoms with van der Waals surface area (Å²) in [5, 5.41) is 12.1. The van der Waals surface area contributed by atoms with Gasteiger partial charge >= 0.3 is 0 Å².